The lowest BCUT2D eigenvalue weighted by molar-refractivity contribution is 0.402. The molecule has 0 saturated carbocycles. The van der Waals surface area contributed by atoms with Crippen LogP contribution in [0.3, 0.4) is 0 Å². The summed E-state index contributed by atoms with van der Waals surface area (Å²) < 4.78 is 33.2. The Bertz CT molecular complexity index is 814. The molecule has 6 heteroatoms. The van der Waals surface area contributed by atoms with Crippen molar-refractivity contribution in [2.75, 3.05) is 24.9 Å². The molecule has 0 radical (unpaired) electrons. The van der Waals surface area contributed by atoms with Crippen molar-refractivity contribution in [3.05, 3.63) is 53.6 Å². The number of anilines is 1. The van der Waals surface area contributed by atoms with Gasteiger partial charge in [-0.15, -0.1) is 0 Å². The number of rotatable bonds is 5. The summed E-state index contributed by atoms with van der Waals surface area (Å²) in [4.78, 5) is 0.149. The molecule has 3 rings (SSSR count). The van der Waals surface area contributed by atoms with Gasteiger partial charge in [0.25, 0.3) is 10.0 Å². The van der Waals surface area contributed by atoms with Gasteiger partial charge >= 0.3 is 0 Å². The summed E-state index contributed by atoms with van der Waals surface area (Å²) in [6, 6.07) is 12.7. The second-order valence-electron chi connectivity index (χ2n) is 5.74. The SMILES string of the molecule is COc1ccc(C)cc1S(=O)(=O)Nc1cccc(C2CNC2)c1. The van der Waals surface area contributed by atoms with Crippen LogP contribution in [0.4, 0.5) is 5.69 Å². The van der Waals surface area contributed by atoms with Crippen molar-refractivity contribution in [1.82, 2.24) is 5.32 Å². The molecule has 2 N–H and O–H groups in total. The topological polar surface area (TPSA) is 67.4 Å². The first kappa shape index (κ1) is 15.8. The van der Waals surface area contributed by atoms with Gasteiger partial charge in [-0.3, -0.25) is 4.72 Å². The molecule has 0 spiro atoms. The van der Waals surface area contributed by atoms with Crippen molar-refractivity contribution in [3.63, 3.8) is 0 Å². The largest absolute Gasteiger partial charge is 0.495 e. The van der Waals surface area contributed by atoms with Gasteiger partial charge < -0.3 is 10.1 Å². The average Bonchev–Trinajstić information content (AvgIpc) is 2.45. The van der Waals surface area contributed by atoms with E-state index in [0.717, 1.165) is 24.2 Å². The zero-order valence-electron chi connectivity index (χ0n) is 13.2. The van der Waals surface area contributed by atoms with Gasteiger partial charge in [-0.05, 0) is 42.3 Å². The molecule has 0 unspecified atom stereocenters. The fourth-order valence-electron chi connectivity index (χ4n) is 2.58. The Morgan fingerprint density at radius 1 is 1.17 bits per heavy atom. The summed E-state index contributed by atoms with van der Waals surface area (Å²) in [6.45, 7) is 3.71. The third-order valence-electron chi connectivity index (χ3n) is 4.00. The summed E-state index contributed by atoms with van der Waals surface area (Å²) in [7, 11) is -2.23. The van der Waals surface area contributed by atoms with Gasteiger partial charge in [0.05, 0.1) is 7.11 Å². The van der Waals surface area contributed by atoms with Crippen LogP contribution in [0, 0.1) is 6.92 Å². The van der Waals surface area contributed by atoms with Crippen molar-refractivity contribution in [2.45, 2.75) is 17.7 Å². The molecule has 1 fully saturated rings. The summed E-state index contributed by atoms with van der Waals surface area (Å²) in [5.74, 6) is 0.787. The third kappa shape index (κ3) is 3.33. The minimum Gasteiger partial charge on any atom is -0.495 e. The number of hydrogen-bond acceptors (Lipinski definition) is 4. The van der Waals surface area contributed by atoms with E-state index in [9.17, 15) is 8.42 Å². The molecule has 2 aromatic rings. The Balaban J connectivity index is 1.91. The Morgan fingerprint density at radius 2 is 1.96 bits per heavy atom. The molecule has 122 valence electrons. The van der Waals surface area contributed by atoms with Gasteiger partial charge in [0.2, 0.25) is 0 Å². The molecule has 0 aromatic heterocycles. The van der Waals surface area contributed by atoms with E-state index in [-0.39, 0.29) is 4.90 Å². The quantitative estimate of drug-likeness (QED) is 0.883. The predicted octanol–water partition coefficient (Wildman–Crippen LogP) is 2.49. The molecule has 1 heterocycles. The van der Waals surface area contributed by atoms with E-state index in [1.807, 2.05) is 31.2 Å². The molecule has 5 nitrogen and oxygen atoms in total. The molecule has 1 aliphatic heterocycles. The van der Waals surface area contributed by atoms with Crippen molar-refractivity contribution >= 4 is 15.7 Å². The van der Waals surface area contributed by atoms with Gasteiger partial charge in [-0.25, -0.2) is 8.42 Å². The lowest BCUT2D eigenvalue weighted by atomic mass is 9.94. The molecule has 1 aliphatic rings. The molecule has 0 bridgehead atoms. The van der Waals surface area contributed by atoms with Gasteiger partial charge in [0.15, 0.2) is 0 Å². The second kappa shape index (κ2) is 6.22. The first-order valence-electron chi connectivity index (χ1n) is 7.48. The highest BCUT2D eigenvalue weighted by atomic mass is 32.2. The molecule has 0 aliphatic carbocycles. The predicted molar refractivity (Wildman–Crippen MR) is 90.6 cm³/mol. The van der Waals surface area contributed by atoms with E-state index in [0.29, 0.717) is 17.4 Å². The van der Waals surface area contributed by atoms with Gasteiger partial charge in [-0.1, -0.05) is 18.2 Å². The van der Waals surface area contributed by atoms with Crippen LogP contribution in [-0.2, 0) is 10.0 Å². The van der Waals surface area contributed by atoms with Crippen LogP contribution in [0.5, 0.6) is 5.75 Å². The number of aryl methyl sites for hydroxylation is 1. The number of hydrogen-bond donors (Lipinski definition) is 2. The Morgan fingerprint density at radius 3 is 2.61 bits per heavy atom. The Kier molecular flexibility index (Phi) is 4.28. The lowest BCUT2D eigenvalue weighted by Gasteiger charge is -2.27. The number of nitrogens with one attached hydrogen (secondary N) is 2. The standard InChI is InChI=1S/C17H20N2O3S/c1-12-6-7-16(22-2)17(8-12)23(20,21)19-15-5-3-4-13(9-15)14-10-18-11-14/h3-9,14,18-19H,10-11H2,1-2H3. The second-order valence-corrected chi connectivity index (χ2v) is 7.39. The monoisotopic (exact) mass is 332 g/mol. The normalized spacial score (nSPS) is 15.0. The summed E-state index contributed by atoms with van der Waals surface area (Å²) in [5, 5.41) is 3.22. The smallest absolute Gasteiger partial charge is 0.265 e. The zero-order valence-corrected chi connectivity index (χ0v) is 14.0. The van der Waals surface area contributed by atoms with E-state index in [2.05, 4.69) is 10.0 Å². The number of ether oxygens (including phenoxy) is 1. The minimum atomic E-state index is -3.70. The van der Waals surface area contributed by atoms with Crippen molar-refractivity contribution in [2.24, 2.45) is 0 Å². The lowest BCUT2D eigenvalue weighted by Crippen LogP contribution is -2.39. The minimum absolute atomic E-state index is 0.149. The van der Waals surface area contributed by atoms with Crippen LogP contribution in [0.2, 0.25) is 0 Å². The molecular formula is C17H20N2O3S. The van der Waals surface area contributed by atoms with Crippen molar-refractivity contribution in [1.29, 1.82) is 0 Å². The van der Waals surface area contributed by atoms with Crippen LogP contribution in [0.25, 0.3) is 0 Å². The fraction of sp³-hybridized carbons (Fsp3) is 0.294. The molecule has 23 heavy (non-hydrogen) atoms. The van der Waals surface area contributed by atoms with Gasteiger partial charge in [0, 0.05) is 24.7 Å². The van der Waals surface area contributed by atoms with Crippen LogP contribution in [-0.4, -0.2) is 28.6 Å². The maximum atomic E-state index is 12.7. The number of sulfonamides is 1. The van der Waals surface area contributed by atoms with Crippen LogP contribution in [0.15, 0.2) is 47.4 Å². The molecule has 2 aromatic carbocycles. The Hall–Kier alpha value is -2.05. The van der Waals surface area contributed by atoms with Crippen LogP contribution in [0.1, 0.15) is 17.0 Å². The van der Waals surface area contributed by atoms with E-state index in [1.165, 1.54) is 7.11 Å². The van der Waals surface area contributed by atoms with E-state index >= 15 is 0 Å². The first-order valence-corrected chi connectivity index (χ1v) is 8.96. The third-order valence-corrected chi connectivity index (χ3v) is 5.40. The van der Waals surface area contributed by atoms with Gasteiger partial charge in [-0.2, -0.15) is 0 Å². The first-order chi connectivity index (χ1) is 11.0. The van der Waals surface area contributed by atoms with E-state index in [1.54, 1.807) is 18.2 Å². The molecule has 1 saturated heterocycles. The van der Waals surface area contributed by atoms with Crippen molar-refractivity contribution < 1.29 is 13.2 Å². The summed E-state index contributed by atoms with van der Waals surface area (Å²) >= 11 is 0. The maximum absolute atomic E-state index is 12.7. The number of benzene rings is 2. The highest BCUT2D eigenvalue weighted by Crippen LogP contribution is 2.28. The zero-order chi connectivity index (χ0) is 16.4. The van der Waals surface area contributed by atoms with E-state index < -0.39 is 10.0 Å². The summed E-state index contributed by atoms with van der Waals surface area (Å²) in [5.41, 5.74) is 2.57. The van der Waals surface area contributed by atoms with Gasteiger partial charge in [0.1, 0.15) is 10.6 Å². The van der Waals surface area contributed by atoms with Crippen molar-refractivity contribution in [3.8, 4) is 5.75 Å². The van der Waals surface area contributed by atoms with E-state index in [4.69, 9.17) is 4.74 Å². The summed E-state index contributed by atoms with van der Waals surface area (Å²) in [6.07, 6.45) is 0. The van der Waals surface area contributed by atoms with Crippen LogP contribution < -0.4 is 14.8 Å². The average molecular weight is 332 g/mol. The molecule has 0 atom stereocenters. The van der Waals surface area contributed by atoms with Crippen LogP contribution >= 0.6 is 0 Å². The Labute approximate surface area is 136 Å². The maximum Gasteiger partial charge on any atom is 0.265 e. The highest BCUT2D eigenvalue weighted by Gasteiger charge is 2.22. The fourth-order valence-corrected chi connectivity index (χ4v) is 3.89. The molecular weight excluding hydrogens is 312 g/mol. The highest BCUT2D eigenvalue weighted by molar-refractivity contribution is 7.92. The molecule has 0 amide bonds. The number of methoxy groups -OCH3 is 1.